The van der Waals surface area contributed by atoms with Gasteiger partial charge in [0.15, 0.2) is 23.4 Å². The fraction of sp³-hybridized carbons (Fsp3) is 0.387. The summed E-state index contributed by atoms with van der Waals surface area (Å²) < 4.78 is 12.2. The Morgan fingerprint density at radius 3 is 2.79 bits per heavy atom. The number of fused-ring (bicyclic) bond motifs is 1. The average Bonchev–Trinajstić information content (AvgIpc) is 3.19. The van der Waals surface area contributed by atoms with Gasteiger partial charge in [-0.1, -0.05) is 72.2 Å². The Morgan fingerprint density at radius 2 is 2.00 bits per heavy atom. The third kappa shape index (κ3) is 9.83. The van der Waals surface area contributed by atoms with E-state index in [2.05, 4.69) is 44.6 Å². The molecule has 0 amide bonds. The summed E-state index contributed by atoms with van der Waals surface area (Å²) in [6.45, 7) is 0.927. The van der Waals surface area contributed by atoms with Gasteiger partial charge in [0.25, 0.3) is 0 Å². The smallest absolute Gasteiger partial charge is 0.910 e. The summed E-state index contributed by atoms with van der Waals surface area (Å²) in [5.41, 5.74) is 2.29. The van der Waals surface area contributed by atoms with Crippen molar-refractivity contribution in [3.05, 3.63) is 94.2 Å². The van der Waals surface area contributed by atoms with Gasteiger partial charge < -0.3 is 26.4 Å². The first kappa shape index (κ1) is 30.9. The SMILES string of the molecule is [Li+].[N-]=CC(Br)=[C-]C/C=C(\C=[C-]NCc1cccnc1)C1CCCC(CC(=O)C2COc3ccccc3O2)CC1. The molecule has 3 atom stereocenters. The molecule has 4 rings (SSSR count). The van der Waals surface area contributed by atoms with Crippen molar-refractivity contribution in [2.75, 3.05) is 6.61 Å². The predicted molar refractivity (Wildman–Crippen MR) is 153 cm³/mol. The molecule has 1 aromatic carbocycles. The summed E-state index contributed by atoms with van der Waals surface area (Å²) >= 11 is 3.27. The van der Waals surface area contributed by atoms with Gasteiger partial charge in [-0.2, -0.15) is 22.3 Å². The van der Waals surface area contributed by atoms with Crippen molar-refractivity contribution >= 4 is 27.9 Å². The first-order chi connectivity index (χ1) is 18.6. The van der Waals surface area contributed by atoms with E-state index in [1.54, 1.807) is 6.20 Å². The number of para-hydroxylation sites is 2. The monoisotopic (exact) mass is 581 g/mol. The van der Waals surface area contributed by atoms with Gasteiger partial charge in [0, 0.05) is 25.4 Å². The van der Waals surface area contributed by atoms with E-state index in [1.165, 1.54) is 5.57 Å². The molecule has 39 heavy (non-hydrogen) atoms. The van der Waals surface area contributed by atoms with Gasteiger partial charge in [0.2, 0.25) is 0 Å². The van der Waals surface area contributed by atoms with Crippen LogP contribution >= 0.6 is 15.9 Å². The average molecular weight is 582 g/mol. The zero-order chi connectivity index (χ0) is 26.6. The van der Waals surface area contributed by atoms with Crippen LogP contribution < -0.4 is 33.7 Å². The molecule has 3 unspecified atom stereocenters. The molecule has 1 aromatic heterocycles. The van der Waals surface area contributed by atoms with Crippen LogP contribution in [0.1, 0.15) is 50.5 Å². The first-order valence-electron chi connectivity index (χ1n) is 13.2. The Labute approximate surface area is 252 Å². The molecule has 6 nitrogen and oxygen atoms in total. The normalized spacial score (nSPS) is 21.5. The quantitative estimate of drug-likeness (QED) is 0.110. The van der Waals surface area contributed by atoms with Crippen LogP contribution in [0.4, 0.5) is 0 Å². The van der Waals surface area contributed by atoms with Crippen molar-refractivity contribution in [3.8, 4) is 11.5 Å². The second kappa shape index (κ2) is 16.5. The molecular weight excluding hydrogens is 549 g/mol. The minimum atomic E-state index is -0.535. The number of hydrogen-bond donors (Lipinski definition) is 1. The number of hydrogen-bond acceptors (Lipinski definition) is 5. The molecule has 8 heteroatoms. The number of ether oxygens (including phenoxy) is 2. The Bertz CT molecular complexity index is 1170. The zero-order valence-corrected chi connectivity index (χ0v) is 24.0. The van der Waals surface area contributed by atoms with Crippen LogP contribution in [0, 0.1) is 24.1 Å². The molecule has 1 aliphatic carbocycles. The standard InChI is InChI=1S/C31H33BrN3O3.Li/c32-27(19-33)10-4-9-26(15-17-35-21-24-7-5-16-34-20-24)25-8-3-6-23(13-14-25)18-28(36)31-22-37-29-11-1-2-12-30(29)38-31;/h1-2,5,7,9,11-12,15-16,19-20,23,25,31,35H,3-4,6,8,13-14,18,21-22H2;/q-3;+1/b26-9+;. The predicted octanol–water partition coefficient (Wildman–Crippen LogP) is 3.53. The van der Waals surface area contributed by atoms with Crippen LogP contribution in [0.25, 0.3) is 5.41 Å². The molecule has 2 heterocycles. The van der Waals surface area contributed by atoms with Crippen LogP contribution in [0.5, 0.6) is 11.5 Å². The van der Waals surface area contributed by atoms with Gasteiger partial charge in [-0.05, 0) is 29.7 Å². The summed E-state index contributed by atoms with van der Waals surface area (Å²) in [6.07, 6.45) is 20.8. The molecule has 0 bridgehead atoms. The van der Waals surface area contributed by atoms with Crippen molar-refractivity contribution in [2.45, 2.75) is 57.6 Å². The van der Waals surface area contributed by atoms with E-state index in [9.17, 15) is 4.79 Å². The van der Waals surface area contributed by atoms with Crippen LogP contribution in [0.15, 0.2) is 71.0 Å². The van der Waals surface area contributed by atoms with Gasteiger partial charge >= 0.3 is 18.9 Å². The van der Waals surface area contributed by atoms with Crippen LogP contribution in [-0.4, -0.2) is 29.7 Å². The van der Waals surface area contributed by atoms with Crippen LogP contribution in [0.2, 0.25) is 0 Å². The Balaban J connectivity index is 0.00000420. The molecule has 1 aliphatic heterocycles. The molecule has 200 valence electrons. The van der Waals surface area contributed by atoms with Gasteiger partial charge in [0.05, 0.1) is 0 Å². The van der Waals surface area contributed by atoms with Gasteiger partial charge in [-0.15, -0.1) is 6.42 Å². The number of halogens is 1. The number of aromatic nitrogens is 1. The third-order valence-electron chi connectivity index (χ3n) is 7.00. The molecule has 2 aliphatic rings. The Kier molecular flexibility index (Phi) is 13.1. The van der Waals surface area contributed by atoms with Gasteiger partial charge in [0.1, 0.15) is 6.61 Å². The van der Waals surface area contributed by atoms with Crippen molar-refractivity contribution in [2.24, 2.45) is 11.8 Å². The van der Waals surface area contributed by atoms with E-state index in [0.29, 0.717) is 47.2 Å². The number of benzene rings is 1. The molecule has 0 saturated heterocycles. The van der Waals surface area contributed by atoms with Crippen molar-refractivity contribution < 1.29 is 33.1 Å². The maximum atomic E-state index is 13.0. The maximum absolute atomic E-state index is 13.0. The van der Waals surface area contributed by atoms with E-state index < -0.39 is 6.10 Å². The summed E-state index contributed by atoms with van der Waals surface area (Å²) in [5, 5.41) is 12.4. The van der Waals surface area contributed by atoms with Crippen molar-refractivity contribution in [3.63, 3.8) is 0 Å². The van der Waals surface area contributed by atoms with E-state index >= 15 is 0 Å². The van der Waals surface area contributed by atoms with Gasteiger partial charge in [-0.3, -0.25) is 15.9 Å². The minimum absolute atomic E-state index is 0. The summed E-state index contributed by atoms with van der Waals surface area (Å²) in [5.74, 6) is 2.18. The fourth-order valence-electron chi connectivity index (χ4n) is 4.96. The molecular formula is C31H33BrLiN3O3-2. The second-order valence-corrected chi connectivity index (χ2v) is 10.5. The van der Waals surface area contributed by atoms with Crippen molar-refractivity contribution in [1.29, 1.82) is 0 Å². The molecule has 0 spiro atoms. The topological polar surface area (TPSA) is 82.8 Å². The third-order valence-corrected chi connectivity index (χ3v) is 7.48. The summed E-state index contributed by atoms with van der Waals surface area (Å²) in [7, 11) is 0. The minimum Gasteiger partial charge on any atom is -0.910 e. The number of nitrogens with zero attached hydrogens (tertiary/aromatic N) is 2. The molecule has 1 N–H and O–H groups in total. The summed E-state index contributed by atoms with van der Waals surface area (Å²) in [4.78, 5) is 17.2. The molecule has 1 fully saturated rings. The number of rotatable bonds is 11. The summed E-state index contributed by atoms with van der Waals surface area (Å²) in [6, 6.07) is 11.4. The van der Waals surface area contributed by atoms with E-state index in [4.69, 9.17) is 14.9 Å². The molecule has 1 saturated carbocycles. The zero-order valence-electron chi connectivity index (χ0n) is 22.4. The molecule has 0 radical (unpaired) electrons. The second-order valence-electron chi connectivity index (χ2n) is 9.67. The van der Waals surface area contributed by atoms with Crippen LogP contribution in [0.3, 0.4) is 0 Å². The van der Waals surface area contributed by atoms with Crippen molar-refractivity contribution in [1.82, 2.24) is 10.3 Å². The number of carbonyl (C=O) groups excluding carboxylic acids is 1. The van der Waals surface area contributed by atoms with E-state index in [-0.39, 0.29) is 31.3 Å². The number of Topliss-reactive ketones (excluding diaryl/α,β-unsaturated/α-hetero) is 1. The Hall–Kier alpha value is -2.59. The fourth-order valence-corrected chi connectivity index (χ4v) is 5.12. The number of ketones is 1. The maximum Gasteiger partial charge on any atom is 1.00 e. The largest absolute Gasteiger partial charge is 1.00 e. The Morgan fingerprint density at radius 1 is 1.15 bits per heavy atom. The molecule has 2 aromatic rings. The number of nitrogens with one attached hydrogen (secondary N) is 1. The number of pyridine rings is 1. The van der Waals surface area contributed by atoms with Crippen LogP contribution in [-0.2, 0) is 11.3 Å². The number of carbonyl (C=O) groups is 1. The number of allylic oxidation sites excluding steroid dienone is 5. The van der Waals surface area contributed by atoms with Gasteiger partial charge in [-0.25, -0.2) is 6.08 Å². The van der Waals surface area contributed by atoms with E-state index in [1.807, 2.05) is 48.7 Å². The first-order valence-corrected chi connectivity index (χ1v) is 14.0. The van der Waals surface area contributed by atoms with E-state index in [0.717, 1.165) is 43.9 Å².